The lowest BCUT2D eigenvalue weighted by Crippen LogP contribution is -2.25. The first-order valence-corrected chi connectivity index (χ1v) is 9.29. The van der Waals surface area contributed by atoms with Crippen LogP contribution in [-0.2, 0) is 11.2 Å². The zero-order chi connectivity index (χ0) is 19.3. The van der Waals surface area contributed by atoms with E-state index in [1.54, 1.807) is 9.20 Å². The number of hydrogen-bond acceptors (Lipinski definition) is 5. The highest BCUT2D eigenvalue weighted by Crippen LogP contribution is 2.40. The van der Waals surface area contributed by atoms with Crippen LogP contribution in [0.25, 0.3) is 11.5 Å². The first-order chi connectivity index (χ1) is 13.6. The molecular weight excluding hydrogens is 354 g/mol. The van der Waals surface area contributed by atoms with Crippen molar-refractivity contribution in [1.29, 1.82) is 0 Å². The summed E-state index contributed by atoms with van der Waals surface area (Å²) < 4.78 is 3.28. The average Bonchev–Trinajstić information content (AvgIpc) is 3.31. The smallest absolute Gasteiger partial charge is 0.226 e. The third-order valence-electron chi connectivity index (χ3n) is 5.26. The number of rotatable bonds is 3. The minimum atomic E-state index is -0.0259. The van der Waals surface area contributed by atoms with Gasteiger partial charge in [-0.2, -0.15) is 14.3 Å². The van der Waals surface area contributed by atoms with E-state index in [4.69, 9.17) is 0 Å². The lowest BCUT2D eigenvalue weighted by molar-refractivity contribution is -0.116. The van der Waals surface area contributed by atoms with E-state index in [0.717, 1.165) is 23.2 Å². The van der Waals surface area contributed by atoms with Crippen LogP contribution in [0.4, 0.5) is 5.82 Å². The summed E-state index contributed by atoms with van der Waals surface area (Å²) in [6.07, 6.45) is 2.94. The zero-order valence-electron chi connectivity index (χ0n) is 15.6. The van der Waals surface area contributed by atoms with Gasteiger partial charge in [-0.15, -0.1) is 15.3 Å². The summed E-state index contributed by atoms with van der Waals surface area (Å²) in [4.78, 5) is 12.5. The Kier molecular flexibility index (Phi) is 3.71. The van der Waals surface area contributed by atoms with Crippen molar-refractivity contribution >= 4 is 17.4 Å². The molecule has 1 aliphatic heterocycles. The van der Waals surface area contributed by atoms with Crippen molar-refractivity contribution in [2.75, 3.05) is 5.32 Å². The van der Waals surface area contributed by atoms with E-state index in [9.17, 15) is 4.79 Å². The molecule has 0 radical (unpaired) electrons. The molecule has 1 N–H and O–H groups in total. The summed E-state index contributed by atoms with van der Waals surface area (Å²) in [5.74, 6) is 1.22. The Hall–Kier alpha value is -3.55. The van der Waals surface area contributed by atoms with E-state index in [-0.39, 0.29) is 11.8 Å². The van der Waals surface area contributed by atoms with Gasteiger partial charge in [-0.3, -0.25) is 4.79 Å². The molecule has 0 saturated carbocycles. The predicted molar refractivity (Wildman–Crippen MR) is 104 cm³/mol. The van der Waals surface area contributed by atoms with Gasteiger partial charge >= 0.3 is 0 Å². The van der Waals surface area contributed by atoms with E-state index in [1.807, 2.05) is 19.1 Å². The highest BCUT2D eigenvalue weighted by atomic mass is 16.1. The molecule has 8 heteroatoms. The third kappa shape index (κ3) is 2.57. The predicted octanol–water partition coefficient (Wildman–Crippen LogP) is 2.65. The number of nitrogens with one attached hydrogen (secondary N) is 1. The molecule has 140 valence electrons. The standard InChI is InChI=1S/C20H19N7O/c1-3-13-4-6-14(7-5-13)15-10-18(28)22-20-19(15)12(2)24-27(20)17-9-8-16-23-21-11-26(16)25-17/h4-9,11,15H,3,10H2,1-2H3,(H,22,28)/t15-/m0/s1. The molecule has 1 amide bonds. The van der Waals surface area contributed by atoms with E-state index in [1.165, 1.54) is 11.9 Å². The molecule has 1 aliphatic rings. The molecule has 4 heterocycles. The Morgan fingerprint density at radius 1 is 1.14 bits per heavy atom. The van der Waals surface area contributed by atoms with Gasteiger partial charge in [0, 0.05) is 17.9 Å². The molecule has 0 aliphatic carbocycles. The van der Waals surface area contributed by atoms with E-state index in [2.05, 4.69) is 56.9 Å². The normalized spacial score (nSPS) is 16.2. The Bertz CT molecular complexity index is 1190. The van der Waals surface area contributed by atoms with Crippen molar-refractivity contribution < 1.29 is 4.79 Å². The number of fused-ring (bicyclic) bond motifs is 2. The number of benzene rings is 1. The number of amides is 1. The van der Waals surface area contributed by atoms with Crippen molar-refractivity contribution in [3.05, 3.63) is 65.1 Å². The van der Waals surface area contributed by atoms with Crippen LogP contribution in [0.5, 0.6) is 0 Å². The molecule has 0 spiro atoms. The molecule has 4 aromatic rings. The second kappa shape index (κ2) is 6.26. The molecule has 0 saturated heterocycles. The van der Waals surface area contributed by atoms with Gasteiger partial charge in [0.15, 0.2) is 11.5 Å². The third-order valence-corrected chi connectivity index (χ3v) is 5.26. The fraction of sp³-hybridized carbons (Fsp3) is 0.250. The van der Waals surface area contributed by atoms with Gasteiger partial charge in [-0.1, -0.05) is 31.2 Å². The molecule has 1 aromatic carbocycles. The van der Waals surface area contributed by atoms with Crippen LogP contribution in [-0.4, -0.2) is 35.5 Å². The Morgan fingerprint density at radius 2 is 1.96 bits per heavy atom. The van der Waals surface area contributed by atoms with Crippen LogP contribution in [0, 0.1) is 6.92 Å². The molecule has 28 heavy (non-hydrogen) atoms. The summed E-state index contributed by atoms with van der Waals surface area (Å²) in [5.41, 5.74) is 4.97. The van der Waals surface area contributed by atoms with Crippen LogP contribution in [0.15, 0.2) is 42.7 Å². The largest absolute Gasteiger partial charge is 0.310 e. The average molecular weight is 373 g/mol. The van der Waals surface area contributed by atoms with Gasteiger partial charge in [-0.05, 0) is 36.6 Å². The van der Waals surface area contributed by atoms with Crippen LogP contribution in [0.2, 0.25) is 0 Å². The van der Waals surface area contributed by atoms with Crippen molar-refractivity contribution in [2.24, 2.45) is 0 Å². The van der Waals surface area contributed by atoms with Crippen LogP contribution >= 0.6 is 0 Å². The number of hydrogen-bond donors (Lipinski definition) is 1. The monoisotopic (exact) mass is 373 g/mol. The molecule has 0 bridgehead atoms. The molecule has 8 nitrogen and oxygen atoms in total. The summed E-state index contributed by atoms with van der Waals surface area (Å²) >= 11 is 0. The molecule has 1 atom stereocenters. The molecule has 3 aromatic heterocycles. The minimum absolute atomic E-state index is 0.0245. The molecule has 5 rings (SSSR count). The minimum Gasteiger partial charge on any atom is -0.310 e. The van der Waals surface area contributed by atoms with Gasteiger partial charge in [0.25, 0.3) is 0 Å². The van der Waals surface area contributed by atoms with Crippen LogP contribution < -0.4 is 5.32 Å². The second-order valence-corrected chi connectivity index (χ2v) is 6.98. The maximum atomic E-state index is 12.5. The van der Waals surface area contributed by atoms with Crippen molar-refractivity contribution in [3.63, 3.8) is 0 Å². The lowest BCUT2D eigenvalue weighted by atomic mass is 9.85. The van der Waals surface area contributed by atoms with Gasteiger partial charge in [-0.25, -0.2) is 0 Å². The fourth-order valence-electron chi connectivity index (χ4n) is 3.81. The van der Waals surface area contributed by atoms with Crippen molar-refractivity contribution in [3.8, 4) is 5.82 Å². The summed E-state index contributed by atoms with van der Waals surface area (Å²) in [5, 5.41) is 20.0. The number of aryl methyl sites for hydroxylation is 2. The summed E-state index contributed by atoms with van der Waals surface area (Å²) in [7, 11) is 0. The summed E-state index contributed by atoms with van der Waals surface area (Å²) in [6, 6.07) is 12.1. The van der Waals surface area contributed by atoms with E-state index < -0.39 is 0 Å². The number of aromatic nitrogens is 6. The van der Waals surface area contributed by atoms with Gasteiger partial charge in [0.2, 0.25) is 5.91 Å². The first kappa shape index (κ1) is 16.6. The maximum absolute atomic E-state index is 12.5. The van der Waals surface area contributed by atoms with E-state index in [0.29, 0.717) is 23.7 Å². The van der Waals surface area contributed by atoms with Crippen LogP contribution in [0.3, 0.4) is 0 Å². The quantitative estimate of drug-likeness (QED) is 0.596. The first-order valence-electron chi connectivity index (χ1n) is 9.29. The Balaban J connectivity index is 1.64. The number of carbonyl (C=O) groups excluding carboxylic acids is 1. The van der Waals surface area contributed by atoms with Gasteiger partial charge < -0.3 is 5.32 Å². The summed E-state index contributed by atoms with van der Waals surface area (Å²) in [6.45, 7) is 4.10. The maximum Gasteiger partial charge on any atom is 0.226 e. The molecule has 0 fully saturated rings. The zero-order valence-corrected chi connectivity index (χ0v) is 15.6. The molecule has 0 unspecified atom stereocenters. The Labute approximate surface area is 161 Å². The second-order valence-electron chi connectivity index (χ2n) is 6.98. The topological polar surface area (TPSA) is 90.0 Å². The highest BCUT2D eigenvalue weighted by Gasteiger charge is 2.32. The number of nitrogens with zero attached hydrogens (tertiary/aromatic N) is 6. The van der Waals surface area contributed by atoms with E-state index >= 15 is 0 Å². The lowest BCUT2D eigenvalue weighted by Gasteiger charge is -2.24. The SMILES string of the molecule is CCc1ccc([C@@H]2CC(=O)Nc3c2c(C)nn3-c2ccc3nncn3n2)cc1. The fourth-order valence-corrected chi connectivity index (χ4v) is 3.81. The van der Waals surface area contributed by atoms with Crippen LogP contribution in [0.1, 0.15) is 41.6 Å². The molecular formula is C20H19N7O. The van der Waals surface area contributed by atoms with Gasteiger partial charge in [0.05, 0.1) is 5.69 Å². The Morgan fingerprint density at radius 3 is 2.75 bits per heavy atom. The number of carbonyl (C=O) groups is 1. The highest BCUT2D eigenvalue weighted by molar-refractivity contribution is 5.95. The van der Waals surface area contributed by atoms with Crippen molar-refractivity contribution in [1.82, 2.24) is 29.6 Å². The van der Waals surface area contributed by atoms with Crippen molar-refractivity contribution in [2.45, 2.75) is 32.6 Å². The van der Waals surface area contributed by atoms with Gasteiger partial charge in [0.1, 0.15) is 12.1 Å². The number of anilines is 1.